The lowest BCUT2D eigenvalue weighted by atomic mass is 10.1. The molecule has 0 aliphatic rings. The Hall–Kier alpha value is -2.40. The maximum atomic E-state index is 11.8. The van der Waals surface area contributed by atoms with Gasteiger partial charge in [0.05, 0.1) is 11.1 Å². The molecule has 0 aliphatic carbocycles. The Kier molecular flexibility index (Phi) is 5.50. The maximum Gasteiger partial charge on any atom is 0.341 e. The van der Waals surface area contributed by atoms with Crippen LogP contribution in [0.1, 0.15) is 20.7 Å². The van der Waals surface area contributed by atoms with Crippen LogP contribution in [0.2, 0.25) is 0 Å². The first-order chi connectivity index (χ1) is 9.10. The minimum absolute atomic E-state index is 0.0115. The Morgan fingerprint density at radius 2 is 1.79 bits per heavy atom. The highest BCUT2D eigenvalue weighted by atomic mass is 16.6. The van der Waals surface area contributed by atoms with Crippen LogP contribution in [0.5, 0.6) is 0 Å². The summed E-state index contributed by atoms with van der Waals surface area (Å²) in [6.07, 6.45) is 1.04. The summed E-state index contributed by atoms with van der Waals surface area (Å²) in [5, 5.41) is 9.17. The fourth-order valence-electron chi connectivity index (χ4n) is 1.27. The summed E-state index contributed by atoms with van der Waals surface area (Å²) < 4.78 is 9.50. The second-order valence-electron chi connectivity index (χ2n) is 3.46. The fourth-order valence-corrected chi connectivity index (χ4v) is 1.27. The molecule has 19 heavy (non-hydrogen) atoms. The zero-order valence-electron chi connectivity index (χ0n) is 10.2. The van der Waals surface area contributed by atoms with E-state index in [-0.39, 0.29) is 17.7 Å². The summed E-state index contributed by atoms with van der Waals surface area (Å²) in [6, 6.07) is 6.00. The van der Waals surface area contributed by atoms with Gasteiger partial charge in [-0.25, -0.2) is 9.59 Å². The standard InChI is InChI=1S/C14H14O5/c1-3-9-18-13(16)10-7-5-6-8-11(10)14(17)19-12(15)4-2/h3-8,12,15H,1-2,9H2. The van der Waals surface area contributed by atoms with E-state index in [0.717, 1.165) is 6.08 Å². The van der Waals surface area contributed by atoms with Crippen molar-refractivity contribution in [3.63, 3.8) is 0 Å². The number of hydrogen-bond donors (Lipinski definition) is 1. The van der Waals surface area contributed by atoms with Crippen LogP contribution in [-0.4, -0.2) is 29.9 Å². The minimum atomic E-state index is -1.43. The first kappa shape index (κ1) is 14.7. The highest BCUT2D eigenvalue weighted by Gasteiger charge is 2.20. The largest absolute Gasteiger partial charge is 0.458 e. The van der Waals surface area contributed by atoms with E-state index in [1.165, 1.54) is 18.2 Å². The van der Waals surface area contributed by atoms with Crippen molar-refractivity contribution >= 4 is 11.9 Å². The van der Waals surface area contributed by atoms with Crippen molar-refractivity contribution in [3.8, 4) is 0 Å². The lowest BCUT2D eigenvalue weighted by Gasteiger charge is -2.10. The quantitative estimate of drug-likeness (QED) is 0.480. The number of aliphatic hydroxyl groups is 1. The first-order valence-corrected chi connectivity index (χ1v) is 5.48. The number of esters is 2. The first-order valence-electron chi connectivity index (χ1n) is 5.48. The third kappa shape index (κ3) is 4.08. The summed E-state index contributed by atoms with van der Waals surface area (Å²) in [6.45, 7) is 6.74. The molecule has 0 radical (unpaired) electrons. The highest BCUT2D eigenvalue weighted by Crippen LogP contribution is 2.12. The number of carbonyl (C=O) groups is 2. The monoisotopic (exact) mass is 262 g/mol. The van der Waals surface area contributed by atoms with Crippen LogP contribution in [-0.2, 0) is 9.47 Å². The van der Waals surface area contributed by atoms with Crippen LogP contribution in [0.4, 0.5) is 0 Å². The van der Waals surface area contributed by atoms with Crippen molar-refractivity contribution in [2.24, 2.45) is 0 Å². The molecule has 0 amide bonds. The Morgan fingerprint density at radius 1 is 1.21 bits per heavy atom. The number of carbonyl (C=O) groups excluding carboxylic acids is 2. The van der Waals surface area contributed by atoms with Crippen molar-refractivity contribution in [1.29, 1.82) is 0 Å². The molecule has 0 saturated heterocycles. The van der Waals surface area contributed by atoms with E-state index in [2.05, 4.69) is 17.9 Å². The number of rotatable bonds is 6. The molecule has 0 bridgehead atoms. The van der Waals surface area contributed by atoms with Crippen LogP contribution in [0.3, 0.4) is 0 Å². The third-order valence-electron chi connectivity index (χ3n) is 2.13. The van der Waals surface area contributed by atoms with Crippen LogP contribution < -0.4 is 0 Å². The van der Waals surface area contributed by atoms with Gasteiger partial charge in [0.25, 0.3) is 0 Å². The maximum absolute atomic E-state index is 11.8. The lowest BCUT2D eigenvalue weighted by molar-refractivity contribution is -0.0352. The van der Waals surface area contributed by atoms with E-state index in [4.69, 9.17) is 4.74 Å². The molecule has 1 rings (SSSR count). The Morgan fingerprint density at radius 3 is 2.32 bits per heavy atom. The molecule has 0 heterocycles. The normalized spacial score (nSPS) is 11.2. The van der Waals surface area contributed by atoms with Crippen molar-refractivity contribution in [2.75, 3.05) is 6.61 Å². The molecule has 0 aliphatic heterocycles. The smallest absolute Gasteiger partial charge is 0.341 e. The zero-order chi connectivity index (χ0) is 14.3. The van der Waals surface area contributed by atoms with Crippen LogP contribution in [0.15, 0.2) is 49.6 Å². The summed E-state index contributed by atoms with van der Waals surface area (Å²) in [4.78, 5) is 23.5. The van der Waals surface area contributed by atoms with Crippen molar-refractivity contribution in [1.82, 2.24) is 0 Å². The number of benzene rings is 1. The van der Waals surface area contributed by atoms with Gasteiger partial charge in [-0.1, -0.05) is 31.4 Å². The average molecular weight is 262 g/mol. The van der Waals surface area contributed by atoms with E-state index in [1.54, 1.807) is 12.1 Å². The molecular formula is C14H14O5. The highest BCUT2D eigenvalue weighted by molar-refractivity contribution is 6.03. The fraction of sp³-hybridized carbons (Fsp3) is 0.143. The van der Waals surface area contributed by atoms with Gasteiger partial charge in [0.15, 0.2) is 0 Å². The molecule has 1 aromatic carbocycles. The molecule has 1 unspecified atom stereocenters. The molecule has 5 nitrogen and oxygen atoms in total. The van der Waals surface area contributed by atoms with Gasteiger partial charge in [-0.15, -0.1) is 0 Å². The van der Waals surface area contributed by atoms with E-state index in [9.17, 15) is 14.7 Å². The van der Waals surface area contributed by atoms with Gasteiger partial charge in [0, 0.05) is 0 Å². The van der Waals surface area contributed by atoms with Gasteiger partial charge in [-0.2, -0.15) is 0 Å². The summed E-state index contributed by atoms with van der Waals surface area (Å²) in [5.41, 5.74) is 0.0723. The molecule has 0 saturated carbocycles. The third-order valence-corrected chi connectivity index (χ3v) is 2.13. The zero-order valence-corrected chi connectivity index (χ0v) is 10.2. The Balaban J connectivity index is 2.94. The van der Waals surface area contributed by atoms with Crippen LogP contribution >= 0.6 is 0 Å². The van der Waals surface area contributed by atoms with Gasteiger partial charge < -0.3 is 14.6 Å². The number of ether oxygens (including phenoxy) is 2. The van der Waals surface area contributed by atoms with Crippen LogP contribution in [0.25, 0.3) is 0 Å². The molecule has 0 spiro atoms. The molecule has 5 heteroatoms. The molecule has 1 N–H and O–H groups in total. The minimum Gasteiger partial charge on any atom is -0.458 e. The van der Waals surface area contributed by atoms with E-state index in [1.807, 2.05) is 0 Å². The van der Waals surface area contributed by atoms with Crippen molar-refractivity contribution in [2.45, 2.75) is 6.29 Å². The van der Waals surface area contributed by atoms with E-state index in [0.29, 0.717) is 0 Å². The second kappa shape index (κ2) is 7.13. The topological polar surface area (TPSA) is 72.8 Å². The summed E-state index contributed by atoms with van der Waals surface area (Å²) in [5.74, 6) is -1.50. The van der Waals surface area contributed by atoms with E-state index >= 15 is 0 Å². The van der Waals surface area contributed by atoms with Gasteiger partial charge in [-0.05, 0) is 18.2 Å². The second-order valence-corrected chi connectivity index (χ2v) is 3.46. The number of aliphatic hydroxyl groups excluding tert-OH is 1. The summed E-state index contributed by atoms with van der Waals surface area (Å²) >= 11 is 0. The predicted octanol–water partition coefficient (Wildman–Crippen LogP) is 1.69. The Labute approximate surface area is 110 Å². The SMILES string of the molecule is C=CCOC(=O)c1ccccc1C(=O)OC(O)C=C. The molecule has 0 aromatic heterocycles. The number of hydrogen-bond acceptors (Lipinski definition) is 5. The van der Waals surface area contributed by atoms with Crippen molar-refractivity contribution < 1.29 is 24.2 Å². The Bertz CT molecular complexity index is 492. The molecule has 1 aromatic rings. The van der Waals surface area contributed by atoms with Gasteiger partial charge in [0.2, 0.25) is 6.29 Å². The van der Waals surface area contributed by atoms with Gasteiger partial charge in [0.1, 0.15) is 6.61 Å². The molecular weight excluding hydrogens is 248 g/mol. The average Bonchev–Trinajstić information content (AvgIpc) is 2.44. The molecule has 0 fully saturated rings. The van der Waals surface area contributed by atoms with Gasteiger partial charge in [-0.3, -0.25) is 0 Å². The van der Waals surface area contributed by atoms with E-state index < -0.39 is 18.2 Å². The molecule has 100 valence electrons. The van der Waals surface area contributed by atoms with Gasteiger partial charge >= 0.3 is 11.9 Å². The van der Waals surface area contributed by atoms with Crippen molar-refractivity contribution in [3.05, 3.63) is 60.7 Å². The van der Waals surface area contributed by atoms with Crippen LogP contribution in [0, 0.1) is 0 Å². The lowest BCUT2D eigenvalue weighted by Crippen LogP contribution is -2.18. The molecule has 1 atom stereocenters. The predicted molar refractivity (Wildman–Crippen MR) is 68.5 cm³/mol. The summed E-state index contributed by atoms with van der Waals surface area (Å²) in [7, 11) is 0.